The van der Waals surface area contributed by atoms with Gasteiger partial charge in [0.05, 0.1) is 0 Å². The van der Waals surface area contributed by atoms with Gasteiger partial charge in [-0.1, -0.05) is 36.4 Å². The number of benzene rings is 5. The van der Waals surface area contributed by atoms with E-state index in [9.17, 15) is 9.59 Å². The van der Waals surface area contributed by atoms with Crippen LogP contribution in [0, 0.1) is 0 Å². The monoisotopic (exact) mass is 498 g/mol. The third-order valence-corrected chi connectivity index (χ3v) is 6.12. The van der Waals surface area contributed by atoms with Gasteiger partial charge in [0.15, 0.2) is 0 Å². The van der Waals surface area contributed by atoms with Gasteiger partial charge in [0.1, 0.15) is 0 Å². The minimum Gasteiger partial charge on any atom is -0.399 e. The van der Waals surface area contributed by atoms with E-state index in [0.29, 0.717) is 33.9 Å². The van der Waals surface area contributed by atoms with Gasteiger partial charge in [0.2, 0.25) is 0 Å². The molecule has 2 amide bonds. The van der Waals surface area contributed by atoms with Gasteiger partial charge in [-0.05, 0) is 97.1 Å². The number of nitrogens with zero attached hydrogens (tertiary/aromatic N) is 2. The highest BCUT2D eigenvalue weighted by Crippen LogP contribution is 2.33. The standard InChI is InChI=1S/C32H26N4O2/c33-25-15-11-23(12-16-25)31(37)35(27-7-3-1-4-8-27)29-19-21-30(22-20-29)36(28-9-5-2-6-10-28)32(38)24-13-17-26(34)18-14-24/h1-22H,33-34H2. The fourth-order valence-electron chi connectivity index (χ4n) is 4.18. The van der Waals surface area contributed by atoms with Crippen LogP contribution in [0.5, 0.6) is 0 Å². The molecular weight excluding hydrogens is 472 g/mol. The minimum absolute atomic E-state index is 0.193. The summed E-state index contributed by atoms with van der Waals surface area (Å²) >= 11 is 0. The van der Waals surface area contributed by atoms with Crippen molar-refractivity contribution in [1.82, 2.24) is 0 Å². The van der Waals surface area contributed by atoms with Crippen LogP contribution in [0.25, 0.3) is 0 Å². The first-order valence-electron chi connectivity index (χ1n) is 12.1. The molecule has 0 atom stereocenters. The Morgan fingerprint density at radius 3 is 1.00 bits per heavy atom. The molecule has 5 rings (SSSR count). The molecule has 0 saturated carbocycles. The van der Waals surface area contributed by atoms with Gasteiger partial charge in [-0.3, -0.25) is 19.4 Å². The van der Waals surface area contributed by atoms with Crippen LogP contribution in [0.3, 0.4) is 0 Å². The Hall–Kier alpha value is -5.36. The number of rotatable bonds is 6. The predicted octanol–water partition coefficient (Wildman–Crippen LogP) is 6.81. The van der Waals surface area contributed by atoms with E-state index in [1.807, 2.05) is 84.9 Å². The Morgan fingerprint density at radius 1 is 0.395 bits per heavy atom. The number of amides is 2. The van der Waals surface area contributed by atoms with E-state index in [4.69, 9.17) is 11.5 Å². The van der Waals surface area contributed by atoms with E-state index in [2.05, 4.69) is 0 Å². The molecule has 0 saturated heterocycles. The molecule has 6 heteroatoms. The van der Waals surface area contributed by atoms with Crippen molar-refractivity contribution in [2.24, 2.45) is 0 Å². The lowest BCUT2D eigenvalue weighted by molar-refractivity contribution is 0.0991. The van der Waals surface area contributed by atoms with Gasteiger partial charge in [0.25, 0.3) is 11.8 Å². The van der Waals surface area contributed by atoms with Crippen molar-refractivity contribution < 1.29 is 9.59 Å². The normalized spacial score (nSPS) is 10.5. The summed E-state index contributed by atoms with van der Waals surface area (Å²) in [6, 6.07) is 39.9. The number of anilines is 6. The van der Waals surface area contributed by atoms with Crippen molar-refractivity contribution in [3.05, 3.63) is 145 Å². The maximum absolute atomic E-state index is 13.6. The molecule has 186 valence electrons. The molecule has 0 aliphatic carbocycles. The van der Waals surface area contributed by atoms with Crippen molar-refractivity contribution >= 4 is 45.9 Å². The summed E-state index contributed by atoms with van der Waals surface area (Å²) in [7, 11) is 0. The zero-order valence-electron chi connectivity index (χ0n) is 20.6. The molecule has 0 aliphatic rings. The first kappa shape index (κ1) is 24.3. The maximum Gasteiger partial charge on any atom is 0.262 e. The molecule has 38 heavy (non-hydrogen) atoms. The molecule has 0 radical (unpaired) electrons. The topological polar surface area (TPSA) is 92.7 Å². The lowest BCUT2D eigenvalue weighted by Gasteiger charge is -2.26. The molecule has 0 heterocycles. The first-order valence-corrected chi connectivity index (χ1v) is 12.1. The number of hydrogen-bond acceptors (Lipinski definition) is 4. The van der Waals surface area contributed by atoms with E-state index in [1.54, 1.807) is 58.3 Å². The van der Waals surface area contributed by atoms with Crippen LogP contribution in [0.15, 0.2) is 133 Å². The second-order valence-corrected chi connectivity index (χ2v) is 8.71. The van der Waals surface area contributed by atoms with Crippen LogP contribution in [0.2, 0.25) is 0 Å². The third-order valence-electron chi connectivity index (χ3n) is 6.12. The summed E-state index contributed by atoms with van der Waals surface area (Å²) in [5, 5.41) is 0. The van der Waals surface area contributed by atoms with Crippen LogP contribution in [-0.4, -0.2) is 11.8 Å². The number of para-hydroxylation sites is 2. The molecule has 0 bridgehead atoms. The van der Waals surface area contributed by atoms with E-state index in [1.165, 1.54) is 0 Å². The number of nitrogens with two attached hydrogens (primary N) is 2. The van der Waals surface area contributed by atoms with Crippen molar-refractivity contribution in [1.29, 1.82) is 0 Å². The minimum atomic E-state index is -0.193. The zero-order valence-corrected chi connectivity index (χ0v) is 20.6. The van der Waals surface area contributed by atoms with Crippen LogP contribution in [-0.2, 0) is 0 Å². The van der Waals surface area contributed by atoms with Gasteiger partial charge in [0, 0.05) is 45.3 Å². The summed E-state index contributed by atoms with van der Waals surface area (Å²) < 4.78 is 0. The summed E-state index contributed by atoms with van der Waals surface area (Å²) in [6.07, 6.45) is 0. The fourth-order valence-corrected chi connectivity index (χ4v) is 4.18. The average molecular weight is 499 g/mol. The Bertz CT molecular complexity index is 1410. The number of carbonyl (C=O) groups is 2. The number of carbonyl (C=O) groups excluding carboxylic acids is 2. The van der Waals surface area contributed by atoms with Gasteiger partial charge < -0.3 is 11.5 Å². The number of hydrogen-bond donors (Lipinski definition) is 2. The van der Waals surface area contributed by atoms with Gasteiger partial charge in [-0.25, -0.2) is 0 Å². The van der Waals surface area contributed by atoms with E-state index in [-0.39, 0.29) is 11.8 Å². The lowest BCUT2D eigenvalue weighted by Crippen LogP contribution is -2.27. The smallest absolute Gasteiger partial charge is 0.262 e. The van der Waals surface area contributed by atoms with Gasteiger partial charge in [-0.15, -0.1) is 0 Å². The second kappa shape index (κ2) is 10.7. The second-order valence-electron chi connectivity index (χ2n) is 8.71. The highest BCUT2D eigenvalue weighted by atomic mass is 16.2. The first-order chi connectivity index (χ1) is 18.5. The van der Waals surface area contributed by atoms with E-state index in [0.717, 1.165) is 11.4 Å². The largest absolute Gasteiger partial charge is 0.399 e. The highest BCUT2D eigenvalue weighted by Gasteiger charge is 2.23. The quantitative estimate of drug-likeness (QED) is 0.252. The summed E-state index contributed by atoms with van der Waals surface area (Å²) in [4.78, 5) is 30.5. The molecule has 0 aromatic heterocycles. The van der Waals surface area contributed by atoms with Crippen molar-refractivity contribution in [3.8, 4) is 0 Å². The van der Waals surface area contributed by atoms with E-state index < -0.39 is 0 Å². The van der Waals surface area contributed by atoms with Crippen molar-refractivity contribution in [2.45, 2.75) is 0 Å². The Labute approximate surface area is 221 Å². The molecule has 6 nitrogen and oxygen atoms in total. The summed E-state index contributed by atoms with van der Waals surface area (Å²) in [6.45, 7) is 0. The molecule has 5 aromatic carbocycles. The van der Waals surface area contributed by atoms with Gasteiger partial charge >= 0.3 is 0 Å². The molecule has 0 unspecified atom stereocenters. The van der Waals surface area contributed by atoms with E-state index >= 15 is 0 Å². The number of nitrogen functional groups attached to an aromatic ring is 2. The van der Waals surface area contributed by atoms with Crippen molar-refractivity contribution in [3.63, 3.8) is 0 Å². The Balaban J connectivity index is 1.54. The molecule has 4 N–H and O–H groups in total. The maximum atomic E-state index is 13.6. The summed E-state index contributed by atoms with van der Waals surface area (Å²) in [5.74, 6) is -0.386. The SMILES string of the molecule is Nc1ccc(C(=O)N(c2ccccc2)c2ccc(N(C(=O)c3ccc(N)cc3)c3ccccc3)cc2)cc1. The Morgan fingerprint density at radius 2 is 0.684 bits per heavy atom. The molecule has 0 fully saturated rings. The van der Waals surface area contributed by atoms with Crippen molar-refractivity contribution in [2.75, 3.05) is 21.3 Å². The molecule has 0 spiro atoms. The predicted molar refractivity (Wildman–Crippen MR) is 154 cm³/mol. The van der Waals surface area contributed by atoms with Crippen LogP contribution >= 0.6 is 0 Å². The summed E-state index contributed by atoms with van der Waals surface area (Å²) in [5.41, 5.74) is 16.6. The zero-order chi connectivity index (χ0) is 26.5. The molecular formula is C32H26N4O2. The molecule has 0 aliphatic heterocycles. The molecule has 5 aromatic rings. The van der Waals surface area contributed by atoms with Crippen LogP contribution < -0.4 is 21.3 Å². The highest BCUT2D eigenvalue weighted by molar-refractivity contribution is 6.12. The van der Waals surface area contributed by atoms with Gasteiger partial charge in [-0.2, -0.15) is 0 Å². The lowest BCUT2D eigenvalue weighted by atomic mass is 10.1. The fraction of sp³-hybridized carbons (Fsp3) is 0. The Kier molecular flexibility index (Phi) is 6.87. The average Bonchev–Trinajstić information content (AvgIpc) is 2.96. The van der Waals surface area contributed by atoms with Crippen LogP contribution in [0.1, 0.15) is 20.7 Å². The third kappa shape index (κ3) is 5.10. The van der Waals surface area contributed by atoms with Crippen LogP contribution in [0.4, 0.5) is 34.1 Å².